The molecule has 0 radical (unpaired) electrons. The number of benzene rings is 1. The maximum absolute atomic E-state index is 12.0. The SMILES string of the molecule is NC(=NO)c1ncn2c1COC(=O)c1c(Br)cccc1-2. The van der Waals surface area contributed by atoms with Crippen LogP contribution < -0.4 is 5.73 Å². The summed E-state index contributed by atoms with van der Waals surface area (Å²) in [4.78, 5) is 16.2. The van der Waals surface area contributed by atoms with Crippen LogP contribution in [0.15, 0.2) is 34.2 Å². The van der Waals surface area contributed by atoms with Crippen molar-refractivity contribution in [2.24, 2.45) is 10.9 Å². The van der Waals surface area contributed by atoms with E-state index < -0.39 is 5.97 Å². The van der Waals surface area contributed by atoms with Crippen LogP contribution >= 0.6 is 15.9 Å². The van der Waals surface area contributed by atoms with E-state index in [-0.39, 0.29) is 18.1 Å². The molecule has 0 bridgehead atoms. The van der Waals surface area contributed by atoms with Crippen LogP contribution in [0.5, 0.6) is 0 Å². The molecule has 1 aliphatic rings. The summed E-state index contributed by atoms with van der Waals surface area (Å²) in [6.45, 7) is -0.00843. The molecule has 0 spiro atoms. The molecule has 102 valence electrons. The van der Waals surface area contributed by atoms with Crippen molar-refractivity contribution in [1.29, 1.82) is 0 Å². The standard InChI is InChI=1S/C12H9BrN4O3/c13-6-2-1-3-7-9(6)12(18)20-4-8-10(11(14)16-19)15-5-17(7)8/h1-3,5,19H,4H2,(H2,14,16). The van der Waals surface area contributed by atoms with Gasteiger partial charge in [0.05, 0.1) is 16.9 Å². The number of nitrogens with two attached hydrogens (primary N) is 1. The van der Waals surface area contributed by atoms with Crippen molar-refractivity contribution < 1.29 is 14.7 Å². The summed E-state index contributed by atoms with van der Waals surface area (Å²) in [7, 11) is 0. The van der Waals surface area contributed by atoms with Gasteiger partial charge in [-0.2, -0.15) is 0 Å². The third-order valence-corrected chi connectivity index (χ3v) is 3.67. The van der Waals surface area contributed by atoms with Crippen LogP contribution in [0.1, 0.15) is 21.7 Å². The predicted octanol–water partition coefficient (Wildman–Crippen LogP) is 1.40. The summed E-state index contributed by atoms with van der Waals surface area (Å²) in [5, 5.41) is 11.7. The first kappa shape index (κ1) is 12.7. The zero-order chi connectivity index (χ0) is 14.3. The van der Waals surface area contributed by atoms with Crippen molar-refractivity contribution in [3.63, 3.8) is 0 Å². The third kappa shape index (κ3) is 1.76. The molecule has 0 aliphatic carbocycles. The number of carbonyl (C=O) groups is 1. The summed E-state index contributed by atoms with van der Waals surface area (Å²) in [6.07, 6.45) is 1.51. The molecular formula is C12H9BrN4O3. The van der Waals surface area contributed by atoms with Gasteiger partial charge in [-0.05, 0) is 28.1 Å². The second-order valence-corrected chi connectivity index (χ2v) is 4.96. The van der Waals surface area contributed by atoms with E-state index in [9.17, 15) is 4.79 Å². The zero-order valence-electron chi connectivity index (χ0n) is 10.1. The average molecular weight is 337 g/mol. The van der Waals surface area contributed by atoms with E-state index in [0.717, 1.165) is 0 Å². The van der Waals surface area contributed by atoms with E-state index >= 15 is 0 Å². The molecule has 1 aromatic carbocycles. The van der Waals surface area contributed by atoms with Gasteiger partial charge in [-0.15, -0.1) is 0 Å². The maximum atomic E-state index is 12.0. The Hall–Kier alpha value is -2.35. The predicted molar refractivity (Wildman–Crippen MR) is 72.9 cm³/mol. The second-order valence-electron chi connectivity index (χ2n) is 4.11. The van der Waals surface area contributed by atoms with Gasteiger partial charge in [-0.25, -0.2) is 9.78 Å². The highest BCUT2D eigenvalue weighted by molar-refractivity contribution is 9.10. The number of nitrogens with zero attached hydrogens (tertiary/aromatic N) is 3. The number of aromatic nitrogens is 2. The van der Waals surface area contributed by atoms with Gasteiger partial charge in [-0.3, -0.25) is 4.57 Å². The summed E-state index contributed by atoms with van der Waals surface area (Å²) in [6, 6.07) is 5.33. The molecule has 0 saturated carbocycles. The lowest BCUT2D eigenvalue weighted by Crippen LogP contribution is -2.17. The van der Waals surface area contributed by atoms with E-state index in [2.05, 4.69) is 26.1 Å². The Morgan fingerprint density at radius 1 is 1.55 bits per heavy atom. The number of carbonyl (C=O) groups excluding carboxylic acids is 1. The van der Waals surface area contributed by atoms with Crippen LogP contribution in [-0.2, 0) is 11.3 Å². The van der Waals surface area contributed by atoms with Crippen LogP contribution in [0.25, 0.3) is 5.69 Å². The molecule has 2 heterocycles. The van der Waals surface area contributed by atoms with E-state index in [4.69, 9.17) is 15.7 Å². The van der Waals surface area contributed by atoms with Crippen LogP contribution in [0.2, 0.25) is 0 Å². The Labute approximate surface area is 121 Å². The monoisotopic (exact) mass is 336 g/mol. The smallest absolute Gasteiger partial charge is 0.341 e. The molecular weight excluding hydrogens is 328 g/mol. The summed E-state index contributed by atoms with van der Waals surface area (Å²) in [5.74, 6) is -0.574. The van der Waals surface area contributed by atoms with Crippen molar-refractivity contribution in [3.05, 3.63) is 46.0 Å². The number of fused-ring (bicyclic) bond motifs is 3. The number of amidine groups is 1. The lowest BCUT2D eigenvalue weighted by molar-refractivity contribution is 0.0474. The lowest BCUT2D eigenvalue weighted by atomic mass is 10.2. The van der Waals surface area contributed by atoms with Gasteiger partial charge in [0.15, 0.2) is 5.84 Å². The molecule has 1 aromatic heterocycles. The number of halogens is 1. The molecule has 3 rings (SSSR count). The van der Waals surface area contributed by atoms with Crippen molar-refractivity contribution in [1.82, 2.24) is 9.55 Å². The van der Waals surface area contributed by atoms with Gasteiger partial charge >= 0.3 is 5.97 Å². The lowest BCUT2D eigenvalue weighted by Gasteiger charge is -2.07. The Morgan fingerprint density at radius 2 is 2.35 bits per heavy atom. The minimum Gasteiger partial charge on any atom is -0.455 e. The molecule has 20 heavy (non-hydrogen) atoms. The van der Waals surface area contributed by atoms with E-state index in [1.165, 1.54) is 6.33 Å². The number of cyclic esters (lactones) is 1. The van der Waals surface area contributed by atoms with Crippen molar-refractivity contribution in [3.8, 4) is 5.69 Å². The quantitative estimate of drug-likeness (QED) is 0.269. The summed E-state index contributed by atoms with van der Waals surface area (Å²) in [5.41, 5.74) is 7.44. The highest BCUT2D eigenvalue weighted by atomic mass is 79.9. The van der Waals surface area contributed by atoms with E-state index in [0.29, 0.717) is 21.4 Å². The molecule has 0 amide bonds. The largest absolute Gasteiger partial charge is 0.455 e. The first-order valence-corrected chi connectivity index (χ1v) is 6.43. The molecule has 0 atom stereocenters. The number of oxime groups is 1. The van der Waals surface area contributed by atoms with Gasteiger partial charge in [0.25, 0.3) is 0 Å². The van der Waals surface area contributed by atoms with Gasteiger partial charge in [-0.1, -0.05) is 11.2 Å². The Morgan fingerprint density at radius 3 is 3.10 bits per heavy atom. The van der Waals surface area contributed by atoms with Crippen LogP contribution in [0.4, 0.5) is 0 Å². The van der Waals surface area contributed by atoms with Crippen molar-refractivity contribution >= 4 is 27.7 Å². The number of ether oxygens (including phenoxy) is 1. The fourth-order valence-corrected chi connectivity index (χ4v) is 2.62. The van der Waals surface area contributed by atoms with Crippen LogP contribution in [-0.4, -0.2) is 26.6 Å². The first-order chi connectivity index (χ1) is 9.63. The molecule has 7 nitrogen and oxygen atoms in total. The first-order valence-electron chi connectivity index (χ1n) is 5.63. The van der Waals surface area contributed by atoms with E-state index in [1.807, 2.05) is 0 Å². The molecule has 8 heteroatoms. The zero-order valence-corrected chi connectivity index (χ0v) is 11.7. The molecule has 1 aliphatic heterocycles. The van der Waals surface area contributed by atoms with Crippen LogP contribution in [0, 0.1) is 0 Å². The second kappa shape index (κ2) is 4.64. The third-order valence-electron chi connectivity index (χ3n) is 3.01. The Bertz CT molecular complexity index is 738. The highest BCUT2D eigenvalue weighted by Gasteiger charge is 2.26. The number of imidazole rings is 1. The molecule has 3 N–H and O–H groups in total. The Kier molecular flexibility index (Phi) is 2.94. The number of hydrogen-bond acceptors (Lipinski definition) is 5. The molecule has 0 fully saturated rings. The number of esters is 1. The van der Waals surface area contributed by atoms with E-state index in [1.54, 1.807) is 22.8 Å². The molecule has 0 unspecified atom stereocenters. The van der Waals surface area contributed by atoms with Gasteiger partial charge < -0.3 is 15.7 Å². The minimum atomic E-state index is -0.443. The molecule has 0 saturated heterocycles. The topological polar surface area (TPSA) is 103 Å². The number of rotatable bonds is 1. The fraction of sp³-hybridized carbons (Fsp3) is 0.0833. The maximum Gasteiger partial charge on any atom is 0.341 e. The summed E-state index contributed by atoms with van der Waals surface area (Å²) < 4.78 is 7.53. The normalized spacial score (nSPS) is 14.2. The van der Waals surface area contributed by atoms with Crippen molar-refractivity contribution in [2.45, 2.75) is 6.61 Å². The fourth-order valence-electron chi connectivity index (χ4n) is 2.10. The van der Waals surface area contributed by atoms with Crippen LogP contribution in [0.3, 0.4) is 0 Å². The number of hydrogen-bond donors (Lipinski definition) is 2. The summed E-state index contributed by atoms with van der Waals surface area (Å²) >= 11 is 3.34. The van der Waals surface area contributed by atoms with Gasteiger partial charge in [0, 0.05) is 4.47 Å². The van der Waals surface area contributed by atoms with Gasteiger partial charge in [0.1, 0.15) is 18.6 Å². The van der Waals surface area contributed by atoms with Crippen molar-refractivity contribution in [2.75, 3.05) is 0 Å². The highest BCUT2D eigenvalue weighted by Crippen LogP contribution is 2.29. The Balaban J connectivity index is 2.29. The molecule has 2 aromatic rings. The average Bonchev–Trinajstić information content (AvgIpc) is 2.81. The minimum absolute atomic E-state index is 0.00843. The van der Waals surface area contributed by atoms with Gasteiger partial charge in [0.2, 0.25) is 0 Å².